The second kappa shape index (κ2) is 6.58. The molecule has 2 N–H and O–H groups in total. The van der Waals surface area contributed by atoms with Crippen molar-refractivity contribution in [3.8, 4) is 0 Å². The van der Waals surface area contributed by atoms with Crippen molar-refractivity contribution < 1.29 is 23.6 Å². The van der Waals surface area contributed by atoms with Gasteiger partial charge in [-0.2, -0.15) is 0 Å². The minimum Gasteiger partial charge on any atom is -0.466 e. The van der Waals surface area contributed by atoms with Crippen LogP contribution in [-0.4, -0.2) is 65.8 Å². The summed E-state index contributed by atoms with van der Waals surface area (Å²) >= 11 is 0. The van der Waals surface area contributed by atoms with Crippen LogP contribution in [0.3, 0.4) is 0 Å². The van der Waals surface area contributed by atoms with Gasteiger partial charge in [0.25, 0.3) is 5.91 Å². The van der Waals surface area contributed by atoms with Crippen LogP contribution in [0.15, 0.2) is 16.5 Å². The molecular weight excluding hydrogens is 328 g/mol. The molecule has 2 saturated heterocycles. The topological polar surface area (TPSA) is 112 Å². The first-order valence-electron chi connectivity index (χ1n) is 8.04. The van der Waals surface area contributed by atoms with E-state index in [1.165, 1.54) is 6.92 Å². The van der Waals surface area contributed by atoms with E-state index >= 15 is 0 Å². The van der Waals surface area contributed by atoms with Gasteiger partial charge in [0.1, 0.15) is 18.1 Å². The predicted octanol–water partition coefficient (Wildman–Crippen LogP) is -0.430. The van der Waals surface area contributed by atoms with Crippen molar-refractivity contribution in [3.63, 3.8) is 0 Å². The maximum atomic E-state index is 12.5. The summed E-state index contributed by atoms with van der Waals surface area (Å²) in [5, 5.41) is 5.23. The van der Waals surface area contributed by atoms with Crippen LogP contribution in [0.25, 0.3) is 0 Å². The molecule has 0 unspecified atom stereocenters. The summed E-state index contributed by atoms with van der Waals surface area (Å²) in [6.45, 7) is 3.50. The minimum absolute atomic E-state index is 0.0884. The summed E-state index contributed by atoms with van der Waals surface area (Å²) in [7, 11) is 0. The predicted molar refractivity (Wildman–Crippen MR) is 85.5 cm³/mol. The fourth-order valence-electron chi connectivity index (χ4n) is 3.21. The molecule has 2 fully saturated rings. The highest BCUT2D eigenvalue weighted by molar-refractivity contribution is 6.04. The second-order valence-electron chi connectivity index (χ2n) is 6.30. The SMILES string of the molecule is CC(=O)N[C@@H]1CN(C(=O)CN2C(=O)CNC2=O)C[C@H]1c1ccc(C)o1. The molecule has 0 bridgehead atoms. The standard InChI is InChI=1S/C16H20N4O5/c1-9-3-4-13(25-9)11-6-19(7-12(11)18-10(2)21)15(23)8-20-14(22)5-17-16(20)24/h3-4,11-12H,5-8H2,1-2H3,(H,17,24)(H,18,21)/t11-,12-/m1/s1. The molecule has 9 heteroatoms. The Hall–Kier alpha value is -2.84. The van der Waals surface area contributed by atoms with Crippen molar-refractivity contribution >= 4 is 23.8 Å². The Kier molecular flexibility index (Phi) is 4.47. The van der Waals surface area contributed by atoms with E-state index in [0.717, 1.165) is 10.7 Å². The first-order valence-corrected chi connectivity index (χ1v) is 8.04. The number of aryl methyl sites for hydroxylation is 1. The Morgan fingerprint density at radius 3 is 2.64 bits per heavy atom. The van der Waals surface area contributed by atoms with Crippen LogP contribution in [0.4, 0.5) is 4.79 Å². The van der Waals surface area contributed by atoms with Gasteiger partial charge in [-0.1, -0.05) is 0 Å². The van der Waals surface area contributed by atoms with Crippen LogP contribution in [0.1, 0.15) is 24.4 Å². The summed E-state index contributed by atoms with van der Waals surface area (Å²) in [5.41, 5.74) is 0. The number of imide groups is 1. The normalized spacial score (nSPS) is 23.1. The molecule has 3 heterocycles. The molecule has 9 nitrogen and oxygen atoms in total. The van der Waals surface area contributed by atoms with Gasteiger partial charge in [-0.3, -0.25) is 19.3 Å². The zero-order valence-electron chi connectivity index (χ0n) is 14.1. The summed E-state index contributed by atoms with van der Waals surface area (Å²) in [4.78, 5) is 49.7. The van der Waals surface area contributed by atoms with Gasteiger partial charge >= 0.3 is 6.03 Å². The van der Waals surface area contributed by atoms with Gasteiger partial charge < -0.3 is 20.0 Å². The number of amides is 5. The highest BCUT2D eigenvalue weighted by Gasteiger charge is 2.40. The van der Waals surface area contributed by atoms with E-state index in [4.69, 9.17) is 4.42 Å². The van der Waals surface area contributed by atoms with Crippen molar-refractivity contribution in [1.82, 2.24) is 20.4 Å². The number of hydrogen-bond acceptors (Lipinski definition) is 5. The first kappa shape index (κ1) is 17.0. The Morgan fingerprint density at radius 2 is 2.08 bits per heavy atom. The van der Waals surface area contributed by atoms with Crippen molar-refractivity contribution in [2.45, 2.75) is 25.8 Å². The summed E-state index contributed by atoms with van der Waals surface area (Å²) in [6.07, 6.45) is 0. The van der Waals surface area contributed by atoms with Crippen molar-refractivity contribution in [1.29, 1.82) is 0 Å². The second-order valence-corrected chi connectivity index (χ2v) is 6.30. The summed E-state index contributed by atoms with van der Waals surface area (Å²) in [5.74, 6) is 0.314. The fourth-order valence-corrected chi connectivity index (χ4v) is 3.21. The number of nitrogens with zero attached hydrogens (tertiary/aromatic N) is 2. The Morgan fingerprint density at radius 1 is 1.32 bits per heavy atom. The highest BCUT2D eigenvalue weighted by Crippen LogP contribution is 2.29. The van der Waals surface area contributed by atoms with Crippen LogP contribution in [0.2, 0.25) is 0 Å². The lowest BCUT2D eigenvalue weighted by atomic mass is 10.0. The van der Waals surface area contributed by atoms with E-state index in [-0.39, 0.29) is 36.9 Å². The number of rotatable bonds is 4. The number of carbonyl (C=O) groups is 4. The minimum atomic E-state index is -0.561. The molecule has 5 amide bonds. The number of nitrogens with one attached hydrogen (secondary N) is 2. The van der Waals surface area contributed by atoms with Gasteiger partial charge in [-0.15, -0.1) is 0 Å². The molecule has 0 spiro atoms. The third-order valence-corrected chi connectivity index (χ3v) is 4.42. The average Bonchev–Trinajstić information content (AvgIpc) is 3.22. The molecule has 0 aliphatic carbocycles. The maximum absolute atomic E-state index is 12.5. The van der Waals surface area contributed by atoms with Gasteiger partial charge in [0.2, 0.25) is 11.8 Å². The average molecular weight is 348 g/mol. The molecule has 0 saturated carbocycles. The van der Waals surface area contributed by atoms with Crippen LogP contribution in [0, 0.1) is 6.92 Å². The summed E-state index contributed by atoms with van der Waals surface area (Å²) in [6, 6.07) is 2.82. The fraction of sp³-hybridized carbons (Fsp3) is 0.500. The molecular formula is C16H20N4O5. The lowest BCUT2D eigenvalue weighted by Crippen LogP contribution is -2.43. The molecule has 134 valence electrons. The van der Waals surface area contributed by atoms with Gasteiger partial charge in [-0.05, 0) is 19.1 Å². The Labute approximate surface area is 144 Å². The van der Waals surface area contributed by atoms with E-state index in [0.29, 0.717) is 18.8 Å². The first-order chi connectivity index (χ1) is 11.8. The van der Waals surface area contributed by atoms with Gasteiger partial charge in [0.05, 0.1) is 18.5 Å². The molecule has 2 aliphatic rings. The van der Waals surface area contributed by atoms with Gasteiger partial charge in [-0.25, -0.2) is 4.79 Å². The highest BCUT2D eigenvalue weighted by atomic mass is 16.3. The van der Waals surface area contributed by atoms with Crippen LogP contribution in [0.5, 0.6) is 0 Å². The molecule has 2 aliphatic heterocycles. The van der Waals surface area contributed by atoms with E-state index in [1.807, 2.05) is 19.1 Å². The molecule has 0 aromatic carbocycles. The zero-order valence-corrected chi connectivity index (χ0v) is 14.1. The summed E-state index contributed by atoms with van der Waals surface area (Å²) < 4.78 is 5.66. The van der Waals surface area contributed by atoms with E-state index in [9.17, 15) is 19.2 Å². The van der Waals surface area contributed by atoms with E-state index in [2.05, 4.69) is 10.6 Å². The van der Waals surface area contributed by atoms with Crippen molar-refractivity contribution in [3.05, 3.63) is 23.7 Å². The number of hydrogen-bond donors (Lipinski definition) is 2. The van der Waals surface area contributed by atoms with Crippen LogP contribution >= 0.6 is 0 Å². The van der Waals surface area contributed by atoms with E-state index in [1.54, 1.807) is 4.90 Å². The molecule has 2 atom stereocenters. The van der Waals surface area contributed by atoms with Gasteiger partial charge in [0, 0.05) is 20.0 Å². The molecule has 25 heavy (non-hydrogen) atoms. The lowest BCUT2D eigenvalue weighted by molar-refractivity contribution is -0.135. The van der Waals surface area contributed by atoms with Gasteiger partial charge in [0.15, 0.2) is 0 Å². The molecule has 3 rings (SSSR count). The van der Waals surface area contributed by atoms with E-state index < -0.39 is 11.9 Å². The third kappa shape index (κ3) is 3.49. The molecule has 1 aromatic rings. The van der Waals surface area contributed by atoms with Crippen LogP contribution in [-0.2, 0) is 14.4 Å². The van der Waals surface area contributed by atoms with Crippen molar-refractivity contribution in [2.75, 3.05) is 26.2 Å². The number of carbonyl (C=O) groups excluding carboxylic acids is 4. The largest absolute Gasteiger partial charge is 0.466 e. The number of likely N-dealkylation sites (tertiary alicyclic amines) is 1. The molecule has 1 aromatic heterocycles. The zero-order chi connectivity index (χ0) is 18.1. The van der Waals surface area contributed by atoms with Crippen LogP contribution < -0.4 is 10.6 Å². The molecule has 0 radical (unpaired) electrons. The smallest absolute Gasteiger partial charge is 0.325 e. The Balaban J connectivity index is 1.72. The Bertz CT molecular complexity index is 712. The number of urea groups is 1. The maximum Gasteiger partial charge on any atom is 0.325 e. The van der Waals surface area contributed by atoms with Crippen molar-refractivity contribution in [2.24, 2.45) is 0 Å². The third-order valence-electron chi connectivity index (χ3n) is 4.42. The lowest BCUT2D eigenvalue weighted by Gasteiger charge is -2.19. The monoisotopic (exact) mass is 348 g/mol. The quantitative estimate of drug-likeness (QED) is 0.717. The number of furan rings is 1.